The van der Waals surface area contributed by atoms with Crippen LogP contribution < -0.4 is 0 Å². The van der Waals surface area contributed by atoms with Crippen molar-refractivity contribution in [1.29, 1.82) is 0 Å². The summed E-state index contributed by atoms with van der Waals surface area (Å²) in [6.45, 7) is 5.70. The molecule has 5 atom stereocenters. The Labute approximate surface area is 223 Å². The summed E-state index contributed by atoms with van der Waals surface area (Å²) in [7, 11) is 0. The molecule has 0 aliphatic heterocycles. The summed E-state index contributed by atoms with van der Waals surface area (Å²) < 4.78 is 32.0. The highest BCUT2D eigenvalue weighted by atomic mass is 16.6. The predicted octanol–water partition coefficient (Wildman–Crippen LogP) is 1.46. The van der Waals surface area contributed by atoms with Crippen LogP contribution in [0.4, 0.5) is 0 Å². The maximum atomic E-state index is 12.2. The molecule has 0 unspecified atom stereocenters. The van der Waals surface area contributed by atoms with Crippen LogP contribution >= 0.6 is 0 Å². The molecule has 1 N–H and O–H groups in total. The van der Waals surface area contributed by atoms with Crippen LogP contribution in [0.15, 0.2) is 24.3 Å². The molecule has 0 saturated heterocycles. The SMILES string of the molecule is CC(=O)OC[C@@H](OC(C)=O)[C@@H](OC(C)=O)[C@H](OC(C)=O)[C@H](OC(C)=O)[C@H](OC(C)=O)c1nc2ccccc2[nH]1. The summed E-state index contributed by atoms with van der Waals surface area (Å²) in [4.78, 5) is 79.6. The Morgan fingerprint density at radius 3 is 1.69 bits per heavy atom. The van der Waals surface area contributed by atoms with E-state index in [9.17, 15) is 28.8 Å². The van der Waals surface area contributed by atoms with Crippen LogP contribution in [0.5, 0.6) is 0 Å². The first kappa shape index (κ1) is 30.7. The van der Waals surface area contributed by atoms with Crippen molar-refractivity contribution in [2.45, 2.75) is 72.1 Å². The van der Waals surface area contributed by atoms with Crippen molar-refractivity contribution in [1.82, 2.24) is 9.97 Å². The molecule has 0 aliphatic carbocycles. The average molecular weight is 551 g/mol. The Hall–Kier alpha value is -4.49. The maximum absolute atomic E-state index is 12.2. The quantitative estimate of drug-likeness (QED) is 0.296. The van der Waals surface area contributed by atoms with Gasteiger partial charge in [-0.15, -0.1) is 0 Å². The smallest absolute Gasteiger partial charge is 0.303 e. The Morgan fingerprint density at radius 1 is 0.667 bits per heavy atom. The van der Waals surface area contributed by atoms with Gasteiger partial charge in [-0.1, -0.05) is 12.1 Å². The van der Waals surface area contributed by atoms with Gasteiger partial charge in [0.15, 0.2) is 36.3 Å². The number of nitrogens with zero attached hydrogens (tertiary/aromatic N) is 1. The van der Waals surface area contributed by atoms with Crippen molar-refractivity contribution in [3.63, 3.8) is 0 Å². The lowest BCUT2D eigenvalue weighted by Crippen LogP contribution is -2.55. The number of imidazole rings is 1. The Kier molecular flexibility index (Phi) is 10.9. The molecule has 1 aromatic heterocycles. The molecule has 2 rings (SSSR count). The van der Waals surface area contributed by atoms with Gasteiger partial charge >= 0.3 is 35.8 Å². The van der Waals surface area contributed by atoms with Crippen molar-refractivity contribution in [2.24, 2.45) is 0 Å². The van der Waals surface area contributed by atoms with E-state index in [0.29, 0.717) is 11.0 Å². The van der Waals surface area contributed by atoms with Gasteiger partial charge in [0, 0.05) is 41.5 Å². The minimum absolute atomic E-state index is 0.000370. The molecule has 14 heteroatoms. The molecule has 0 saturated carbocycles. The normalized spacial score (nSPS) is 14.6. The highest BCUT2D eigenvalue weighted by Gasteiger charge is 2.49. The molecular weight excluding hydrogens is 520 g/mol. The summed E-state index contributed by atoms with van der Waals surface area (Å²) in [6.07, 6.45) is -8.23. The molecule has 0 radical (unpaired) electrons. The van der Waals surface area contributed by atoms with Crippen LogP contribution in [0.2, 0.25) is 0 Å². The first-order chi connectivity index (χ1) is 18.3. The zero-order chi connectivity index (χ0) is 29.3. The van der Waals surface area contributed by atoms with Gasteiger partial charge in [-0.2, -0.15) is 0 Å². The number of carbonyl (C=O) groups excluding carboxylic acids is 6. The average Bonchev–Trinajstić information content (AvgIpc) is 3.24. The second-order valence-corrected chi connectivity index (χ2v) is 8.34. The van der Waals surface area contributed by atoms with Gasteiger partial charge in [0.1, 0.15) is 6.61 Å². The van der Waals surface area contributed by atoms with Crippen LogP contribution in [-0.2, 0) is 57.2 Å². The molecule has 2 aromatic rings. The number of hydrogen-bond donors (Lipinski definition) is 1. The van der Waals surface area contributed by atoms with Crippen LogP contribution in [0.3, 0.4) is 0 Å². The molecule has 0 bridgehead atoms. The second-order valence-electron chi connectivity index (χ2n) is 8.34. The molecule has 0 fully saturated rings. The van der Waals surface area contributed by atoms with E-state index in [1.807, 2.05) is 0 Å². The third-order valence-electron chi connectivity index (χ3n) is 4.96. The van der Waals surface area contributed by atoms with Gasteiger partial charge in [0.2, 0.25) is 0 Å². The van der Waals surface area contributed by atoms with Gasteiger partial charge in [0.25, 0.3) is 0 Å². The number of H-pyrrole nitrogens is 1. The molecular formula is C25H30N2O12. The molecule has 1 aromatic carbocycles. The van der Waals surface area contributed by atoms with E-state index in [-0.39, 0.29) is 5.82 Å². The summed E-state index contributed by atoms with van der Waals surface area (Å²) in [5.74, 6) is -5.16. The maximum Gasteiger partial charge on any atom is 0.303 e. The van der Waals surface area contributed by atoms with E-state index in [1.54, 1.807) is 24.3 Å². The number of rotatable bonds is 12. The van der Waals surface area contributed by atoms with Crippen LogP contribution in [-0.4, -0.2) is 76.8 Å². The van der Waals surface area contributed by atoms with E-state index >= 15 is 0 Å². The fraction of sp³-hybridized carbons (Fsp3) is 0.480. The number of nitrogens with one attached hydrogen (secondary N) is 1. The third kappa shape index (κ3) is 9.39. The number of benzene rings is 1. The number of fused-ring (bicyclic) bond motifs is 1. The van der Waals surface area contributed by atoms with E-state index < -0.39 is 72.9 Å². The lowest BCUT2D eigenvalue weighted by Gasteiger charge is -2.37. The van der Waals surface area contributed by atoms with Gasteiger partial charge in [0.05, 0.1) is 11.0 Å². The Morgan fingerprint density at radius 2 is 1.18 bits per heavy atom. The van der Waals surface area contributed by atoms with E-state index in [2.05, 4.69) is 9.97 Å². The van der Waals surface area contributed by atoms with Gasteiger partial charge in [-0.25, -0.2) is 4.98 Å². The number of para-hydroxylation sites is 2. The van der Waals surface area contributed by atoms with Gasteiger partial charge < -0.3 is 33.4 Å². The zero-order valence-corrected chi connectivity index (χ0v) is 22.2. The summed E-state index contributed by atoms with van der Waals surface area (Å²) in [5, 5.41) is 0. The summed E-state index contributed by atoms with van der Waals surface area (Å²) >= 11 is 0. The van der Waals surface area contributed by atoms with E-state index in [0.717, 1.165) is 41.5 Å². The van der Waals surface area contributed by atoms with Gasteiger partial charge in [-0.3, -0.25) is 28.8 Å². The minimum Gasteiger partial charge on any atom is -0.462 e. The number of carbonyl (C=O) groups is 6. The summed E-state index contributed by atoms with van der Waals surface area (Å²) in [5.41, 5.74) is 1.01. The highest BCUT2D eigenvalue weighted by molar-refractivity contribution is 5.75. The lowest BCUT2D eigenvalue weighted by atomic mass is 9.97. The first-order valence-corrected chi connectivity index (χ1v) is 11.7. The number of aromatic nitrogens is 2. The lowest BCUT2D eigenvalue weighted by molar-refractivity contribution is -0.214. The highest BCUT2D eigenvalue weighted by Crippen LogP contribution is 2.31. The predicted molar refractivity (Wildman–Crippen MR) is 129 cm³/mol. The molecule has 0 aliphatic rings. The zero-order valence-electron chi connectivity index (χ0n) is 22.2. The topological polar surface area (TPSA) is 186 Å². The monoisotopic (exact) mass is 550 g/mol. The van der Waals surface area contributed by atoms with Crippen LogP contribution in [0, 0.1) is 0 Å². The minimum atomic E-state index is -1.76. The van der Waals surface area contributed by atoms with Crippen LogP contribution in [0.25, 0.3) is 11.0 Å². The number of esters is 6. The first-order valence-electron chi connectivity index (χ1n) is 11.7. The molecule has 0 amide bonds. The Balaban J connectivity index is 2.75. The van der Waals surface area contributed by atoms with Crippen molar-refractivity contribution < 1.29 is 57.2 Å². The second kappa shape index (κ2) is 13.9. The van der Waals surface area contributed by atoms with Crippen molar-refractivity contribution in [3.05, 3.63) is 30.1 Å². The molecule has 14 nitrogen and oxygen atoms in total. The van der Waals surface area contributed by atoms with E-state index in [4.69, 9.17) is 28.4 Å². The largest absolute Gasteiger partial charge is 0.462 e. The fourth-order valence-corrected chi connectivity index (χ4v) is 3.72. The van der Waals surface area contributed by atoms with Crippen molar-refractivity contribution >= 4 is 46.8 Å². The molecule has 0 spiro atoms. The van der Waals surface area contributed by atoms with E-state index in [1.165, 1.54) is 0 Å². The number of ether oxygens (including phenoxy) is 6. The van der Waals surface area contributed by atoms with Crippen molar-refractivity contribution in [2.75, 3.05) is 6.61 Å². The summed E-state index contributed by atoms with van der Waals surface area (Å²) in [6, 6.07) is 6.81. The molecule has 1 heterocycles. The molecule has 39 heavy (non-hydrogen) atoms. The Bertz CT molecular complexity index is 1190. The third-order valence-corrected chi connectivity index (χ3v) is 4.96. The van der Waals surface area contributed by atoms with Gasteiger partial charge in [-0.05, 0) is 12.1 Å². The fourth-order valence-electron chi connectivity index (χ4n) is 3.72. The standard InChI is InChI=1S/C25H30N2O12/c1-12(28)34-11-20(35-13(2)29)21(36-14(3)30)22(37-15(4)31)23(38-16(5)32)24(39-17(6)33)25-26-18-9-7-8-10-19(18)27-25/h7-10,20-24H,11H2,1-6H3,(H,26,27)/t20-,21-,22+,23+,24+/m1/s1. The van der Waals surface area contributed by atoms with Crippen molar-refractivity contribution in [3.8, 4) is 0 Å². The molecule has 212 valence electrons. The number of hydrogen-bond acceptors (Lipinski definition) is 13. The van der Waals surface area contributed by atoms with Crippen LogP contribution in [0.1, 0.15) is 53.5 Å². The number of aromatic amines is 1.